The molecule has 0 aliphatic carbocycles. The van der Waals surface area contributed by atoms with Crippen LogP contribution in [0.1, 0.15) is 29.8 Å². The predicted octanol–water partition coefficient (Wildman–Crippen LogP) is 3.34. The molecular formula is C18H22N2O4S. The van der Waals surface area contributed by atoms with Gasteiger partial charge in [0.25, 0.3) is 10.0 Å². The highest BCUT2D eigenvalue weighted by atomic mass is 32.2. The van der Waals surface area contributed by atoms with Crippen molar-refractivity contribution in [2.24, 2.45) is 0 Å². The number of carbonyl (C=O) groups is 1. The number of aryl methyl sites for hydroxylation is 1. The molecule has 2 rings (SSSR count). The molecule has 6 nitrogen and oxygen atoms in total. The molecule has 2 aromatic carbocycles. The Hall–Kier alpha value is -2.54. The van der Waals surface area contributed by atoms with Gasteiger partial charge in [-0.15, -0.1) is 0 Å². The fourth-order valence-corrected chi connectivity index (χ4v) is 3.59. The van der Waals surface area contributed by atoms with E-state index in [1.165, 1.54) is 18.2 Å². The van der Waals surface area contributed by atoms with E-state index in [2.05, 4.69) is 4.72 Å². The lowest BCUT2D eigenvalue weighted by Gasteiger charge is -2.23. The molecule has 2 aromatic rings. The molecule has 0 saturated carbocycles. The van der Waals surface area contributed by atoms with Gasteiger partial charge < -0.3 is 10.0 Å². The van der Waals surface area contributed by atoms with Crippen molar-refractivity contribution in [3.05, 3.63) is 53.6 Å². The molecule has 2 N–H and O–H groups in total. The first kappa shape index (κ1) is 18.8. The van der Waals surface area contributed by atoms with E-state index in [1.807, 2.05) is 25.7 Å². The predicted molar refractivity (Wildman–Crippen MR) is 98.9 cm³/mol. The zero-order valence-corrected chi connectivity index (χ0v) is 15.3. The third-order valence-electron chi connectivity index (χ3n) is 3.91. The van der Waals surface area contributed by atoms with Gasteiger partial charge in [-0.25, -0.2) is 13.2 Å². The van der Waals surface area contributed by atoms with Crippen molar-refractivity contribution in [1.29, 1.82) is 0 Å². The molecule has 0 heterocycles. The van der Waals surface area contributed by atoms with Gasteiger partial charge in [0.05, 0.1) is 16.1 Å². The number of nitrogens with one attached hydrogen (secondary N) is 1. The van der Waals surface area contributed by atoms with Crippen LogP contribution in [0.5, 0.6) is 0 Å². The molecule has 0 atom stereocenters. The molecule has 0 saturated heterocycles. The number of hydrogen-bond donors (Lipinski definition) is 2. The summed E-state index contributed by atoms with van der Waals surface area (Å²) in [6.45, 7) is 7.05. The second-order valence-corrected chi connectivity index (χ2v) is 7.31. The van der Waals surface area contributed by atoms with E-state index in [1.54, 1.807) is 24.3 Å². The smallest absolute Gasteiger partial charge is 0.337 e. The maximum Gasteiger partial charge on any atom is 0.337 e. The average Bonchev–Trinajstić information content (AvgIpc) is 2.57. The molecule has 0 aromatic heterocycles. The van der Waals surface area contributed by atoms with E-state index in [0.29, 0.717) is 18.8 Å². The van der Waals surface area contributed by atoms with E-state index in [0.717, 1.165) is 5.56 Å². The Kier molecular flexibility index (Phi) is 5.69. The summed E-state index contributed by atoms with van der Waals surface area (Å²) < 4.78 is 27.4. The standard InChI is InChI=1S/C18H22N2O4S/c1-4-20(5-2)17-11-8-14(12-16(17)18(21)22)19-25(23,24)15-9-6-13(3)7-10-15/h6-12,19H,4-5H2,1-3H3,(H,21,22). The quantitative estimate of drug-likeness (QED) is 0.789. The summed E-state index contributed by atoms with van der Waals surface area (Å²) in [5, 5.41) is 9.47. The van der Waals surface area contributed by atoms with Gasteiger partial charge in [-0.05, 0) is 51.1 Å². The van der Waals surface area contributed by atoms with Crippen LogP contribution >= 0.6 is 0 Å². The van der Waals surface area contributed by atoms with E-state index in [9.17, 15) is 18.3 Å². The highest BCUT2D eigenvalue weighted by Gasteiger charge is 2.18. The van der Waals surface area contributed by atoms with Crippen molar-refractivity contribution in [1.82, 2.24) is 0 Å². The molecule has 134 valence electrons. The SMILES string of the molecule is CCN(CC)c1ccc(NS(=O)(=O)c2ccc(C)cc2)cc1C(=O)O. The van der Waals surface area contributed by atoms with Crippen LogP contribution in [0.3, 0.4) is 0 Å². The Morgan fingerprint density at radius 3 is 2.20 bits per heavy atom. The van der Waals surface area contributed by atoms with Gasteiger partial charge in [0.1, 0.15) is 0 Å². The summed E-state index contributed by atoms with van der Waals surface area (Å²) in [5.41, 5.74) is 1.80. The van der Waals surface area contributed by atoms with Crippen LogP contribution in [-0.2, 0) is 10.0 Å². The van der Waals surface area contributed by atoms with Crippen LogP contribution in [0.2, 0.25) is 0 Å². The van der Waals surface area contributed by atoms with Crippen molar-refractivity contribution in [3.63, 3.8) is 0 Å². The first-order valence-corrected chi connectivity index (χ1v) is 9.48. The number of benzene rings is 2. The third kappa shape index (κ3) is 4.30. The largest absolute Gasteiger partial charge is 0.478 e. The second kappa shape index (κ2) is 7.57. The minimum absolute atomic E-state index is 0.0628. The number of sulfonamides is 1. The molecule has 0 amide bonds. The molecule has 0 aliphatic heterocycles. The lowest BCUT2D eigenvalue weighted by atomic mass is 10.1. The summed E-state index contributed by atoms with van der Waals surface area (Å²) in [6, 6.07) is 11.0. The van der Waals surface area contributed by atoms with Gasteiger partial charge in [-0.2, -0.15) is 0 Å². The van der Waals surface area contributed by atoms with Crippen molar-refractivity contribution < 1.29 is 18.3 Å². The van der Waals surface area contributed by atoms with Crippen molar-refractivity contribution in [3.8, 4) is 0 Å². The lowest BCUT2D eigenvalue weighted by molar-refractivity contribution is 0.0697. The topological polar surface area (TPSA) is 86.7 Å². The Bertz CT molecular complexity index is 857. The average molecular weight is 362 g/mol. The normalized spacial score (nSPS) is 11.2. The van der Waals surface area contributed by atoms with Gasteiger partial charge in [0.15, 0.2) is 0 Å². The first-order chi connectivity index (χ1) is 11.8. The van der Waals surface area contributed by atoms with Crippen LogP contribution in [0.4, 0.5) is 11.4 Å². The van der Waals surface area contributed by atoms with Gasteiger partial charge >= 0.3 is 5.97 Å². The Morgan fingerprint density at radius 2 is 1.68 bits per heavy atom. The fraction of sp³-hybridized carbons (Fsp3) is 0.278. The van der Waals surface area contributed by atoms with E-state index < -0.39 is 16.0 Å². The third-order valence-corrected chi connectivity index (χ3v) is 5.31. The Labute approximate surface area is 148 Å². The number of carboxylic acid groups (broad SMARTS) is 1. The Balaban J connectivity index is 2.38. The number of anilines is 2. The zero-order valence-electron chi connectivity index (χ0n) is 14.5. The summed E-state index contributed by atoms with van der Waals surface area (Å²) in [7, 11) is -3.77. The summed E-state index contributed by atoms with van der Waals surface area (Å²) in [4.78, 5) is 13.6. The number of hydrogen-bond acceptors (Lipinski definition) is 4. The van der Waals surface area contributed by atoms with Gasteiger partial charge in [0.2, 0.25) is 0 Å². The minimum Gasteiger partial charge on any atom is -0.478 e. The summed E-state index contributed by atoms with van der Waals surface area (Å²) >= 11 is 0. The first-order valence-electron chi connectivity index (χ1n) is 8.00. The van der Waals surface area contributed by atoms with E-state index in [-0.39, 0.29) is 16.1 Å². The van der Waals surface area contributed by atoms with E-state index >= 15 is 0 Å². The highest BCUT2D eigenvalue weighted by molar-refractivity contribution is 7.92. The molecule has 25 heavy (non-hydrogen) atoms. The molecule has 0 unspecified atom stereocenters. The van der Waals surface area contributed by atoms with Crippen molar-refractivity contribution in [2.75, 3.05) is 22.7 Å². The second-order valence-electron chi connectivity index (χ2n) is 5.63. The zero-order chi connectivity index (χ0) is 18.6. The number of nitrogens with zero attached hydrogens (tertiary/aromatic N) is 1. The van der Waals surface area contributed by atoms with Crippen LogP contribution in [0.15, 0.2) is 47.4 Å². The molecule has 7 heteroatoms. The van der Waals surface area contributed by atoms with Gasteiger partial charge in [-0.1, -0.05) is 17.7 Å². The molecule has 0 radical (unpaired) electrons. The van der Waals surface area contributed by atoms with Crippen LogP contribution < -0.4 is 9.62 Å². The molecule has 0 spiro atoms. The van der Waals surface area contributed by atoms with E-state index in [4.69, 9.17) is 0 Å². The highest BCUT2D eigenvalue weighted by Crippen LogP contribution is 2.26. The molecular weight excluding hydrogens is 340 g/mol. The number of carboxylic acids is 1. The van der Waals surface area contributed by atoms with Gasteiger partial charge in [0, 0.05) is 18.8 Å². The maximum atomic E-state index is 12.5. The number of aromatic carboxylic acids is 1. The molecule has 0 bridgehead atoms. The molecule has 0 fully saturated rings. The minimum atomic E-state index is -3.77. The van der Waals surface area contributed by atoms with Gasteiger partial charge in [-0.3, -0.25) is 4.72 Å². The summed E-state index contributed by atoms with van der Waals surface area (Å²) in [5.74, 6) is -1.10. The number of rotatable bonds is 7. The van der Waals surface area contributed by atoms with Crippen LogP contribution in [0, 0.1) is 6.92 Å². The fourth-order valence-electron chi connectivity index (χ4n) is 2.54. The lowest BCUT2D eigenvalue weighted by Crippen LogP contribution is -2.24. The van der Waals surface area contributed by atoms with Crippen LogP contribution in [-0.4, -0.2) is 32.6 Å². The van der Waals surface area contributed by atoms with Crippen molar-refractivity contribution >= 4 is 27.4 Å². The maximum absolute atomic E-state index is 12.5. The van der Waals surface area contributed by atoms with Crippen LogP contribution in [0.25, 0.3) is 0 Å². The molecule has 0 aliphatic rings. The summed E-state index contributed by atoms with van der Waals surface area (Å²) in [6.07, 6.45) is 0. The monoisotopic (exact) mass is 362 g/mol. The van der Waals surface area contributed by atoms with Crippen molar-refractivity contribution in [2.45, 2.75) is 25.7 Å². The Morgan fingerprint density at radius 1 is 1.08 bits per heavy atom.